The van der Waals surface area contributed by atoms with E-state index in [-0.39, 0.29) is 18.0 Å². The molecule has 4 aromatic heterocycles. The van der Waals surface area contributed by atoms with Gasteiger partial charge in [0.05, 0.1) is 40.0 Å². The fourth-order valence-electron chi connectivity index (χ4n) is 6.73. The predicted molar refractivity (Wildman–Crippen MR) is 153 cm³/mol. The molecule has 0 bridgehead atoms. The molecule has 2 aliphatic carbocycles. The first-order valence-electron chi connectivity index (χ1n) is 14.1. The van der Waals surface area contributed by atoms with Crippen LogP contribution in [0.25, 0.3) is 33.8 Å². The molecule has 3 aliphatic rings. The second kappa shape index (κ2) is 10.5. The number of halogens is 2. The highest BCUT2D eigenvalue weighted by Gasteiger charge is 2.39. The van der Waals surface area contributed by atoms with Crippen LogP contribution in [-0.4, -0.2) is 55.0 Å². The number of H-pyrrole nitrogens is 1. The molecule has 1 N–H and O–H groups in total. The molecule has 3 fully saturated rings. The molecule has 0 unspecified atom stereocenters. The molecule has 7 rings (SSSR count). The highest BCUT2D eigenvalue weighted by molar-refractivity contribution is 6.37. The zero-order valence-corrected chi connectivity index (χ0v) is 23.8. The summed E-state index contributed by atoms with van der Waals surface area (Å²) in [5.41, 5.74) is 3.08. The molecule has 10 nitrogen and oxygen atoms in total. The number of hydrogen-bond acceptors (Lipinski definition) is 8. The summed E-state index contributed by atoms with van der Waals surface area (Å²) >= 11 is 13.4. The molecule has 1 saturated heterocycles. The Morgan fingerprint density at radius 2 is 1.93 bits per heavy atom. The van der Waals surface area contributed by atoms with Crippen molar-refractivity contribution in [2.45, 2.75) is 70.6 Å². The average Bonchev–Trinajstić information content (AvgIpc) is 3.69. The number of anilines is 1. The van der Waals surface area contributed by atoms with Crippen molar-refractivity contribution in [2.24, 2.45) is 11.8 Å². The summed E-state index contributed by atoms with van der Waals surface area (Å²) < 4.78 is 13.3. The maximum absolute atomic E-state index is 11.8. The number of imidazole rings is 1. The highest BCUT2D eigenvalue weighted by atomic mass is 35.5. The SMILES string of the molecule is CC1CCC(Cn2c(N3CCO[C@H]4CCC[C@@H]43)nc3c(Cl)c(-c4noc(=O)[nH]4)nc(-c4cncc(Cl)c4)c32)CC1. The monoisotopic (exact) mass is 583 g/mol. The van der Waals surface area contributed by atoms with E-state index in [0.717, 1.165) is 55.3 Å². The maximum atomic E-state index is 11.8. The number of morpholine rings is 1. The maximum Gasteiger partial charge on any atom is 0.439 e. The number of pyridine rings is 2. The van der Waals surface area contributed by atoms with Gasteiger partial charge in [-0.15, -0.1) is 0 Å². The van der Waals surface area contributed by atoms with Crippen LogP contribution >= 0.6 is 23.2 Å². The summed E-state index contributed by atoms with van der Waals surface area (Å²) in [7, 11) is 0. The Morgan fingerprint density at radius 3 is 2.70 bits per heavy atom. The van der Waals surface area contributed by atoms with Crippen LogP contribution in [0, 0.1) is 11.8 Å². The molecule has 2 atom stereocenters. The number of aromatic nitrogens is 6. The molecule has 5 heterocycles. The summed E-state index contributed by atoms with van der Waals surface area (Å²) in [6.45, 7) is 4.57. The third-order valence-electron chi connectivity index (χ3n) is 8.77. The van der Waals surface area contributed by atoms with Gasteiger partial charge in [0.15, 0.2) is 0 Å². The number of fused-ring (bicyclic) bond motifs is 2. The number of nitrogens with one attached hydrogen (secondary N) is 1. The Morgan fingerprint density at radius 1 is 1.07 bits per heavy atom. The second-order valence-corrected chi connectivity index (χ2v) is 12.2. The van der Waals surface area contributed by atoms with E-state index in [1.54, 1.807) is 12.4 Å². The zero-order valence-electron chi connectivity index (χ0n) is 22.3. The standard InChI is InChI=1S/C28H31Cl2N7O3/c1-15-5-7-16(8-6-15)14-37-25-22(17-11-18(29)13-31-12-17)32-24(26-34-28(38)40-35-26)21(30)23(25)33-27(37)36-9-10-39-20-4-2-3-19(20)36/h11-13,15-16,19-20H,2-10,14H2,1H3,(H,34,35,38)/t15?,16?,19-,20-/m0/s1. The van der Waals surface area contributed by atoms with Crippen LogP contribution in [0.2, 0.25) is 10.0 Å². The van der Waals surface area contributed by atoms with E-state index in [0.29, 0.717) is 39.5 Å². The first kappa shape index (κ1) is 26.0. The molecule has 40 heavy (non-hydrogen) atoms. The minimum atomic E-state index is -0.683. The van der Waals surface area contributed by atoms with E-state index in [1.807, 2.05) is 6.07 Å². The van der Waals surface area contributed by atoms with E-state index in [4.69, 9.17) is 42.4 Å². The number of hydrogen-bond donors (Lipinski definition) is 1. The summed E-state index contributed by atoms with van der Waals surface area (Å²) in [6, 6.07) is 2.10. The highest BCUT2D eigenvalue weighted by Crippen LogP contribution is 2.42. The second-order valence-electron chi connectivity index (χ2n) is 11.4. The Kier molecular flexibility index (Phi) is 6.80. The van der Waals surface area contributed by atoms with Gasteiger partial charge in [0.2, 0.25) is 11.8 Å². The van der Waals surface area contributed by atoms with Gasteiger partial charge in [0, 0.05) is 31.0 Å². The van der Waals surface area contributed by atoms with Crippen LogP contribution in [0.3, 0.4) is 0 Å². The largest absolute Gasteiger partial charge is 0.439 e. The molecule has 0 radical (unpaired) electrons. The van der Waals surface area contributed by atoms with E-state index in [9.17, 15) is 4.79 Å². The number of nitrogens with zero attached hydrogens (tertiary/aromatic N) is 6. The summed E-state index contributed by atoms with van der Waals surface area (Å²) in [5.74, 6) is 1.62. The van der Waals surface area contributed by atoms with Crippen molar-refractivity contribution in [1.29, 1.82) is 0 Å². The number of rotatable bonds is 5. The van der Waals surface area contributed by atoms with Gasteiger partial charge in [-0.2, -0.15) is 0 Å². The van der Waals surface area contributed by atoms with Crippen molar-refractivity contribution in [2.75, 3.05) is 18.1 Å². The lowest BCUT2D eigenvalue weighted by Crippen LogP contribution is -2.49. The lowest BCUT2D eigenvalue weighted by atomic mass is 9.83. The van der Waals surface area contributed by atoms with Crippen molar-refractivity contribution < 1.29 is 9.26 Å². The zero-order chi connectivity index (χ0) is 27.4. The van der Waals surface area contributed by atoms with Crippen LogP contribution in [0.15, 0.2) is 27.8 Å². The van der Waals surface area contributed by atoms with Gasteiger partial charge in [-0.25, -0.2) is 14.8 Å². The summed E-state index contributed by atoms with van der Waals surface area (Å²) in [6.07, 6.45) is 11.6. The summed E-state index contributed by atoms with van der Waals surface area (Å²) in [5, 5.41) is 4.68. The molecule has 4 aromatic rings. The third kappa shape index (κ3) is 4.59. The van der Waals surface area contributed by atoms with Crippen molar-refractivity contribution in [3.8, 4) is 22.8 Å². The molecule has 0 amide bonds. The van der Waals surface area contributed by atoms with E-state index in [2.05, 4.69) is 31.5 Å². The summed E-state index contributed by atoms with van der Waals surface area (Å²) in [4.78, 5) is 31.4. The average molecular weight is 585 g/mol. The Balaban J connectivity index is 1.48. The molecule has 2 saturated carbocycles. The van der Waals surface area contributed by atoms with Crippen LogP contribution in [-0.2, 0) is 11.3 Å². The van der Waals surface area contributed by atoms with Gasteiger partial charge in [-0.3, -0.25) is 14.5 Å². The van der Waals surface area contributed by atoms with Gasteiger partial charge >= 0.3 is 5.76 Å². The lowest BCUT2D eigenvalue weighted by molar-refractivity contribution is 0.0247. The van der Waals surface area contributed by atoms with Crippen molar-refractivity contribution in [3.05, 3.63) is 39.1 Å². The smallest absolute Gasteiger partial charge is 0.374 e. The lowest BCUT2D eigenvalue weighted by Gasteiger charge is -2.39. The molecule has 0 aromatic carbocycles. The molecule has 12 heteroatoms. The van der Waals surface area contributed by atoms with Gasteiger partial charge < -0.3 is 14.2 Å². The Hall–Kier alpha value is -2.95. The van der Waals surface area contributed by atoms with Gasteiger partial charge in [-0.05, 0) is 50.0 Å². The van der Waals surface area contributed by atoms with Gasteiger partial charge in [0.25, 0.3) is 0 Å². The quantitative estimate of drug-likeness (QED) is 0.317. The van der Waals surface area contributed by atoms with Crippen LogP contribution < -0.4 is 10.7 Å². The fraction of sp³-hybridized carbons (Fsp3) is 0.536. The number of aromatic amines is 1. The van der Waals surface area contributed by atoms with Crippen LogP contribution in [0.4, 0.5) is 5.95 Å². The fourth-order valence-corrected chi connectivity index (χ4v) is 7.17. The molecular formula is C28H31Cl2N7O3. The molecular weight excluding hydrogens is 553 g/mol. The Labute approximate surface area is 241 Å². The molecule has 0 spiro atoms. The predicted octanol–water partition coefficient (Wildman–Crippen LogP) is 5.73. The van der Waals surface area contributed by atoms with Gasteiger partial charge in [-0.1, -0.05) is 48.1 Å². The minimum absolute atomic E-state index is 0.146. The molecule has 210 valence electrons. The van der Waals surface area contributed by atoms with Crippen LogP contribution in [0.5, 0.6) is 0 Å². The Bertz CT molecular complexity index is 1610. The third-order valence-corrected chi connectivity index (χ3v) is 9.33. The molecule has 1 aliphatic heterocycles. The van der Waals surface area contributed by atoms with Crippen molar-refractivity contribution >= 4 is 40.2 Å². The topological polar surface area (TPSA) is 115 Å². The van der Waals surface area contributed by atoms with Crippen molar-refractivity contribution in [1.82, 2.24) is 29.7 Å². The first-order chi connectivity index (χ1) is 19.5. The van der Waals surface area contributed by atoms with Crippen molar-refractivity contribution in [3.63, 3.8) is 0 Å². The van der Waals surface area contributed by atoms with E-state index >= 15 is 0 Å². The van der Waals surface area contributed by atoms with E-state index < -0.39 is 5.76 Å². The first-order valence-corrected chi connectivity index (χ1v) is 14.9. The van der Waals surface area contributed by atoms with E-state index in [1.165, 1.54) is 25.7 Å². The normalized spacial score (nSPS) is 25.0. The minimum Gasteiger partial charge on any atom is -0.374 e. The van der Waals surface area contributed by atoms with Gasteiger partial charge in [0.1, 0.15) is 11.2 Å². The van der Waals surface area contributed by atoms with Crippen LogP contribution in [0.1, 0.15) is 51.9 Å². The number of ether oxygens (including phenoxy) is 1.